The van der Waals surface area contributed by atoms with E-state index >= 15 is 0 Å². The third-order valence-electron chi connectivity index (χ3n) is 7.52. The van der Waals surface area contributed by atoms with Gasteiger partial charge < -0.3 is 53.9 Å². The van der Waals surface area contributed by atoms with Crippen molar-refractivity contribution in [3.63, 3.8) is 0 Å². The van der Waals surface area contributed by atoms with Gasteiger partial charge in [-0.3, -0.25) is 0 Å². The number of aliphatic hydroxyl groups excluding tert-OH is 4. The maximum atomic E-state index is 9.20. The van der Waals surface area contributed by atoms with E-state index in [1.54, 1.807) is 0 Å². The Morgan fingerprint density at radius 2 is 1.20 bits per heavy atom. The molecule has 1 aromatic rings. The molecule has 0 amide bonds. The van der Waals surface area contributed by atoms with Crippen LogP contribution < -0.4 is 24.3 Å². The topological polar surface area (TPSA) is 151 Å². The molecule has 0 radical (unpaired) electrons. The summed E-state index contributed by atoms with van der Waals surface area (Å²) in [6, 6.07) is 9.89. The number of rotatable bonds is 18. The lowest BCUT2D eigenvalue weighted by Gasteiger charge is -2.38. The maximum Gasteiger partial charge on any atom is 0.173 e. The Kier molecular flexibility index (Phi) is 29.6. The first-order valence-electron chi connectivity index (χ1n) is 15.1. The lowest BCUT2D eigenvalue weighted by molar-refractivity contribution is -0.903. The zero-order chi connectivity index (χ0) is 28.2. The maximum absolute atomic E-state index is 9.20. The van der Waals surface area contributed by atoms with Gasteiger partial charge in [0.05, 0.1) is 33.3 Å². The zero-order valence-electron chi connectivity index (χ0n) is 26.0. The predicted molar refractivity (Wildman–Crippen MR) is 168 cm³/mol. The Morgan fingerprint density at radius 3 is 1.63 bits per heavy atom. The second-order valence-corrected chi connectivity index (χ2v) is 11.7. The largest absolute Gasteiger partial charge is 1.00 e. The molecule has 2 rings (SSSR count). The second kappa shape index (κ2) is 27.1. The first-order valence-corrected chi connectivity index (χ1v) is 15.1. The van der Waals surface area contributed by atoms with E-state index in [0.29, 0.717) is 0 Å². The van der Waals surface area contributed by atoms with E-state index in [1.807, 2.05) is 0 Å². The molecule has 1 aliphatic heterocycles. The van der Waals surface area contributed by atoms with Gasteiger partial charge in [-0.1, -0.05) is 114 Å². The quantitative estimate of drug-likeness (QED) is 0.108. The molecule has 1 fully saturated rings. The highest BCUT2D eigenvalue weighted by Crippen LogP contribution is 2.18. The van der Waals surface area contributed by atoms with E-state index in [2.05, 4.69) is 51.4 Å². The number of ether oxygens (including phenoxy) is 1. The fourth-order valence-corrected chi connectivity index (χ4v) is 5.01. The first kappa shape index (κ1) is 44.9. The van der Waals surface area contributed by atoms with Crippen molar-refractivity contribution in [2.45, 2.75) is 134 Å². The molecule has 0 bridgehead atoms. The average Bonchev–Trinajstić information content (AvgIpc) is 2.90. The van der Waals surface area contributed by atoms with Gasteiger partial charge in [0.1, 0.15) is 24.9 Å². The van der Waals surface area contributed by atoms with Crippen LogP contribution >= 0.6 is 12.4 Å². The Labute approximate surface area is 263 Å². The summed E-state index contributed by atoms with van der Waals surface area (Å²) in [6.45, 7) is 4.28. The van der Waals surface area contributed by atoms with Crippen molar-refractivity contribution in [3.8, 4) is 0 Å². The molecule has 1 unspecified atom stereocenters. The van der Waals surface area contributed by atoms with Crippen LogP contribution in [0.4, 0.5) is 0 Å². The zero-order valence-corrected chi connectivity index (χ0v) is 27.6. The molecule has 8 nitrogen and oxygen atoms in total. The Morgan fingerprint density at radius 1 is 0.756 bits per heavy atom. The Balaban J connectivity index is -0.000000816. The smallest absolute Gasteiger partial charge is 0.173 e. The number of benzene rings is 1. The van der Waals surface area contributed by atoms with E-state index in [0.717, 1.165) is 11.0 Å². The highest BCUT2D eigenvalue weighted by Gasteiger charge is 2.41. The Hall–Kier alpha value is -0.520. The first-order chi connectivity index (χ1) is 18.2. The van der Waals surface area contributed by atoms with Crippen LogP contribution in [0.25, 0.3) is 0 Å². The number of hydrogen-bond acceptors (Lipinski definition) is 7. The molecule has 9 N–H and O–H groups in total. The van der Waals surface area contributed by atoms with Crippen molar-refractivity contribution in [1.82, 2.24) is 6.15 Å². The van der Waals surface area contributed by atoms with Crippen molar-refractivity contribution in [2.75, 3.05) is 27.2 Å². The van der Waals surface area contributed by atoms with Crippen LogP contribution in [-0.4, -0.2) is 82.8 Å². The molecule has 0 aliphatic carbocycles. The SMILES string of the molecule is CCCCCCCCCCCCCCCC[N+](C)(C)Cc1ccccc1.Cl.N.N[C@@H]1C(O)O[C@H](CO)[C@@H](O)[C@@H]1O.[Cl-]. The summed E-state index contributed by atoms with van der Waals surface area (Å²) in [5.74, 6) is 0. The molecule has 5 atom stereocenters. The van der Waals surface area contributed by atoms with Gasteiger partial charge in [-0.15, -0.1) is 12.4 Å². The molecular weight excluding hydrogens is 565 g/mol. The lowest BCUT2D eigenvalue weighted by Crippen LogP contribution is -3.00. The van der Waals surface area contributed by atoms with Crippen molar-refractivity contribution >= 4 is 12.4 Å². The fraction of sp³-hybridized carbons (Fsp3) is 0.806. The van der Waals surface area contributed by atoms with E-state index < -0.39 is 37.3 Å². The summed E-state index contributed by atoms with van der Waals surface area (Å²) in [7, 11) is 4.74. The minimum atomic E-state index is -1.35. The number of unbranched alkanes of at least 4 members (excludes halogenated alkanes) is 13. The van der Waals surface area contributed by atoms with Crippen LogP contribution in [-0.2, 0) is 11.3 Å². The standard InChI is InChI=1S/C25H46N.C6H13NO5.2ClH.H3N/c1-4-5-6-7-8-9-10-11-12-13-14-15-16-20-23-26(2,3)24-25-21-18-17-19-22-25;7-3-5(10)4(9)2(1-8)12-6(3)11;;;/h17-19,21-22H,4-16,20,23-24H2,1-3H3;2-6,8-11H,1,7H2;2*1H;1H3/q+1;;;;/p-1/t;2-,3+,4-,5-,6?;;;/m.1.../s1. The number of halogens is 2. The number of quaternary nitrogens is 1. The summed E-state index contributed by atoms with van der Waals surface area (Å²) < 4.78 is 5.81. The summed E-state index contributed by atoms with van der Waals surface area (Å²) in [4.78, 5) is 0. The molecule has 10 heteroatoms. The summed E-state index contributed by atoms with van der Waals surface area (Å²) in [6.07, 6.45) is 15.3. The normalized spacial score (nSPS) is 21.9. The molecule has 41 heavy (non-hydrogen) atoms. The van der Waals surface area contributed by atoms with E-state index in [1.165, 1.54) is 102 Å². The Bertz CT molecular complexity index is 686. The van der Waals surface area contributed by atoms with Gasteiger partial charge in [0.15, 0.2) is 6.29 Å². The minimum Gasteiger partial charge on any atom is -1.00 e. The summed E-state index contributed by atoms with van der Waals surface area (Å²) in [5, 5.41) is 36.1. The van der Waals surface area contributed by atoms with Gasteiger partial charge in [0.25, 0.3) is 0 Å². The fourth-order valence-electron chi connectivity index (χ4n) is 5.01. The molecule has 1 heterocycles. The van der Waals surface area contributed by atoms with Crippen LogP contribution in [0, 0.1) is 0 Å². The number of aliphatic hydroxyl groups is 4. The van der Waals surface area contributed by atoms with Crippen molar-refractivity contribution in [3.05, 3.63) is 35.9 Å². The number of nitrogens with zero attached hydrogens (tertiary/aromatic N) is 1. The monoisotopic (exact) mass is 627 g/mol. The van der Waals surface area contributed by atoms with Gasteiger partial charge in [-0.25, -0.2) is 0 Å². The van der Waals surface area contributed by atoms with Crippen molar-refractivity contribution < 1.29 is 42.1 Å². The summed E-state index contributed by atoms with van der Waals surface area (Å²) >= 11 is 0. The third-order valence-corrected chi connectivity index (χ3v) is 7.52. The molecular formula is C31H63Cl2N3O5. The van der Waals surface area contributed by atoms with Crippen molar-refractivity contribution in [2.24, 2.45) is 5.73 Å². The average molecular weight is 629 g/mol. The minimum absolute atomic E-state index is 0. The molecule has 1 aromatic carbocycles. The van der Waals surface area contributed by atoms with Gasteiger partial charge in [-0.2, -0.15) is 0 Å². The molecule has 246 valence electrons. The van der Waals surface area contributed by atoms with Gasteiger partial charge in [-0.05, 0) is 12.8 Å². The van der Waals surface area contributed by atoms with Gasteiger partial charge >= 0.3 is 0 Å². The van der Waals surface area contributed by atoms with E-state index in [4.69, 9.17) is 20.7 Å². The lowest BCUT2D eigenvalue weighted by atomic mass is 9.98. The highest BCUT2D eigenvalue weighted by molar-refractivity contribution is 5.85. The third kappa shape index (κ3) is 20.9. The molecule has 1 aliphatic rings. The molecule has 0 spiro atoms. The second-order valence-electron chi connectivity index (χ2n) is 11.7. The van der Waals surface area contributed by atoms with Crippen LogP contribution in [0.1, 0.15) is 102 Å². The van der Waals surface area contributed by atoms with Crippen LogP contribution in [0.15, 0.2) is 30.3 Å². The van der Waals surface area contributed by atoms with E-state index in [9.17, 15) is 10.2 Å². The van der Waals surface area contributed by atoms with Gasteiger partial charge in [0, 0.05) is 5.56 Å². The van der Waals surface area contributed by atoms with Crippen LogP contribution in [0.2, 0.25) is 0 Å². The number of hydrogen-bond donors (Lipinski definition) is 6. The van der Waals surface area contributed by atoms with E-state index in [-0.39, 0.29) is 31.0 Å². The molecule has 0 saturated carbocycles. The number of nitrogens with two attached hydrogens (primary N) is 1. The van der Waals surface area contributed by atoms with Crippen LogP contribution in [0.5, 0.6) is 0 Å². The van der Waals surface area contributed by atoms with Gasteiger partial charge in [0.2, 0.25) is 0 Å². The predicted octanol–water partition coefficient (Wildman–Crippen LogP) is 2.08. The van der Waals surface area contributed by atoms with Crippen LogP contribution in [0.3, 0.4) is 0 Å². The molecule has 1 saturated heterocycles. The summed E-state index contributed by atoms with van der Waals surface area (Å²) in [5.41, 5.74) is 6.72. The highest BCUT2D eigenvalue weighted by atomic mass is 35.5. The van der Waals surface area contributed by atoms with Crippen molar-refractivity contribution in [1.29, 1.82) is 0 Å². The molecule has 0 aromatic heterocycles.